The molecule has 11 heavy (non-hydrogen) atoms. The summed E-state index contributed by atoms with van der Waals surface area (Å²) in [4.78, 5) is 10.5. The summed E-state index contributed by atoms with van der Waals surface area (Å²) in [5.74, 6) is -1.04. The highest BCUT2D eigenvalue weighted by Crippen LogP contribution is 2.14. The van der Waals surface area contributed by atoms with Crippen LogP contribution in [0.25, 0.3) is 0 Å². The lowest BCUT2D eigenvalue weighted by atomic mass is 9.90. The molecule has 0 spiro atoms. The number of nitrogens with two attached hydrogens (primary N) is 1. The standard InChI is InChI=1S/C8H15NO2/c1-4-8(9,7(10)11)5-6(2)3/h4,6H,1,5,9H2,2-3H3,(H,10,11)/p-1/t8-/m0/s1. The van der Waals surface area contributed by atoms with Crippen LogP contribution < -0.4 is 10.8 Å². The molecule has 0 aromatic heterocycles. The van der Waals surface area contributed by atoms with Gasteiger partial charge in [-0.3, -0.25) is 0 Å². The van der Waals surface area contributed by atoms with Gasteiger partial charge in [-0.25, -0.2) is 0 Å². The van der Waals surface area contributed by atoms with Crippen molar-refractivity contribution in [3.05, 3.63) is 12.7 Å². The Labute approximate surface area is 66.9 Å². The fourth-order valence-corrected chi connectivity index (χ4v) is 0.926. The van der Waals surface area contributed by atoms with E-state index < -0.39 is 11.5 Å². The van der Waals surface area contributed by atoms with Crippen molar-refractivity contribution in [2.45, 2.75) is 25.8 Å². The van der Waals surface area contributed by atoms with Crippen LogP contribution in [0.1, 0.15) is 20.3 Å². The Hall–Kier alpha value is -0.830. The largest absolute Gasteiger partial charge is 0.548 e. The molecule has 0 heterocycles. The molecule has 0 bridgehead atoms. The number of aliphatic carboxylic acids is 1. The molecule has 0 unspecified atom stereocenters. The van der Waals surface area contributed by atoms with Crippen LogP contribution in [0, 0.1) is 5.92 Å². The molecule has 0 aromatic carbocycles. The van der Waals surface area contributed by atoms with Gasteiger partial charge in [-0.05, 0) is 12.3 Å². The van der Waals surface area contributed by atoms with Gasteiger partial charge in [-0.1, -0.05) is 19.9 Å². The molecular weight excluding hydrogens is 142 g/mol. The summed E-state index contributed by atoms with van der Waals surface area (Å²) in [6, 6.07) is 0. The molecule has 0 saturated carbocycles. The first-order valence-corrected chi connectivity index (χ1v) is 3.56. The maximum absolute atomic E-state index is 10.5. The first kappa shape index (κ1) is 10.2. The first-order valence-electron chi connectivity index (χ1n) is 3.56. The Balaban J connectivity index is 4.34. The van der Waals surface area contributed by atoms with E-state index in [9.17, 15) is 9.90 Å². The molecule has 64 valence electrons. The average molecular weight is 156 g/mol. The van der Waals surface area contributed by atoms with Crippen molar-refractivity contribution in [2.75, 3.05) is 0 Å². The summed E-state index contributed by atoms with van der Waals surface area (Å²) >= 11 is 0. The molecule has 3 nitrogen and oxygen atoms in total. The average Bonchev–Trinajstić information content (AvgIpc) is 1.86. The molecule has 0 fully saturated rings. The molecule has 0 amide bonds. The molecule has 0 radical (unpaired) electrons. The van der Waals surface area contributed by atoms with Crippen LogP contribution in [0.5, 0.6) is 0 Å². The number of hydrogen-bond acceptors (Lipinski definition) is 3. The van der Waals surface area contributed by atoms with E-state index in [1.165, 1.54) is 6.08 Å². The third kappa shape index (κ3) is 2.72. The number of carbonyl (C=O) groups excluding carboxylic acids is 1. The predicted octanol–water partition coefficient (Wildman–Crippen LogP) is -0.334. The van der Waals surface area contributed by atoms with E-state index in [1.54, 1.807) is 0 Å². The van der Waals surface area contributed by atoms with Gasteiger partial charge in [0.25, 0.3) is 0 Å². The molecular formula is C8H14NO2-. The van der Waals surface area contributed by atoms with Crippen molar-refractivity contribution in [1.82, 2.24) is 0 Å². The number of hydrogen-bond donors (Lipinski definition) is 1. The Bertz CT molecular complexity index is 165. The fraction of sp³-hybridized carbons (Fsp3) is 0.625. The second-order valence-corrected chi connectivity index (χ2v) is 3.13. The van der Waals surface area contributed by atoms with Crippen LogP contribution in [0.4, 0.5) is 0 Å². The predicted molar refractivity (Wildman–Crippen MR) is 41.6 cm³/mol. The Kier molecular flexibility index (Phi) is 3.26. The smallest absolute Gasteiger partial charge is 0.0741 e. The maximum Gasteiger partial charge on any atom is 0.0741 e. The van der Waals surface area contributed by atoms with Crippen LogP contribution in [-0.4, -0.2) is 11.5 Å². The summed E-state index contributed by atoms with van der Waals surface area (Å²) < 4.78 is 0. The highest BCUT2D eigenvalue weighted by molar-refractivity contribution is 5.78. The second-order valence-electron chi connectivity index (χ2n) is 3.13. The van der Waals surface area contributed by atoms with Gasteiger partial charge in [0, 0.05) is 0 Å². The number of carboxylic acids is 1. The summed E-state index contributed by atoms with van der Waals surface area (Å²) in [5.41, 5.74) is 4.09. The molecule has 0 rings (SSSR count). The minimum atomic E-state index is -1.37. The van der Waals surface area contributed by atoms with Gasteiger partial charge in [-0.15, -0.1) is 6.58 Å². The van der Waals surface area contributed by atoms with Crippen molar-refractivity contribution in [1.29, 1.82) is 0 Å². The Morgan fingerprint density at radius 3 is 2.36 bits per heavy atom. The van der Waals surface area contributed by atoms with E-state index in [4.69, 9.17) is 5.73 Å². The van der Waals surface area contributed by atoms with E-state index in [0.29, 0.717) is 6.42 Å². The quantitative estimate of drug-likeness (QED) is 0.566. The lowest BCUT2D eigenvalue weighted by molar-refractivity contribution is -0.311. The zero-order chi connectivity index (χ0) is 9.07. The van der Waals surface area contributed by atoms with Crippen molar-refractivity contribution in [3.8, 4) is 0 Å². The monoisotopic (exact) mass is 156 g/mol. The van der Waals surface area contributed by atoms with Crippen LogP contribution in [0.15, 0.2) is 12.7 Å². The molecule has 0 saturated heterocycles. The maximum atomic E-state index is 10.5. The zero-order valence-electron chi connectivity index (χ0n) is 6.96. The van der Waals surface area contributed by atoms with Gasteiger partial charge in [-0.2, -0.15) is 0 Å². The highest BCUT2D eigenvalue weighted by atomic mass is 16.4. The lowest BCUT2D eigenvalue weighted by Crippen LogP contribution is -2.54. The third-order valence-corrected chi connectivity index (χ3v) is 1.49. The van der Waals surface area contributed by atoms with Crippen molar-refractivity contribution in [3.63, 3.8) is 0 Å². The van der Waals surface area contributed by atoms with Gasteiger partial charge < -0.3 is 15.6 Å². The summed E-state index contributed by atoms with van der Waals surface area (Å²) in [7, 11) is 0. The van der Waals surface area contributed by atoms with E-state index >= 15 is 0 Å². The summed E-state index contributed by atoms with van der Waals surface area (Å²) in [5, 5.41) is 10.5. The summed E-state index contributed by atoms with van der Waals surface area (Å²) in [6.07, 6.45) is 1.58. The molecule has 1 atom stereocenters. The van der Waals surface area contributed by atoms with Gasteiger partial charge in [0.1, 0.15) is 0 Å². The SMILES string of the molecule is C=C[C@](N)(CC(C)C)C(=O)[O-]. The Morgan fingerprint density at radius 2 is 2.27 bits per heavy atom. The number of carbonyl (C=O) groups is 1. The highest BCUT2D eigenvalue weighted by Gasteiger charge is 2.23. The minimum Gasteiger partial charge on any atom is -0.548 e. The van der Waals surface area contributed by atoms with Gasteiger partial charge in [0.05, 0.1) is 11.5 Å². The van der Waals surface area contributed by atoms with Crippen LogP contribution in [-0.2, 0) is 4.79 Å². The minimum absolute atomic E-state index is 0.218. The van der Waals surface area contributed by atoms with E-state index in [0.717, 1.165) is 0 Å². The summed E-state index contributed by atoms with van der Waals surface area (Å²) in [6.45, 7) is 7.15. The van der Waals surface area contributed by atoms with Crippen LogP contribution in [0.2, 0.25) is 0 Å². The van der Waals surface area contributed by atoms with Gasteiger partial charge in [0.15, 0.2) is 0 Å². The van der Waals surface area contributed by atoms with Gasteiger partial charge in [0.2, 0.25) is 0 Å². The van der Waals surface area contributed by atoms with Crippen molar-refractivity contribution < 1.29 is 9.90 Å². The first-order chi connectivity index (χ1) is 4.92. The fourth-order valence-electron chi connectivity index (χ4n) is 0.926. The molecule has 0 aliphatic heterocycles. The van der Waals surface area contributed by atoms with E-state index in [-0.39, 0.29) is 5.92 Å². The lowest BCUT2D eigenvalue weighted by Gasteiger charge is -2.28. The molecule has 2 N–H and O–H groups in total. The normalized spacial score (nSPS) is 16.0. The second kappa shape index (κ2) is 3.53. The molecule has 0 aliphatic carbocycles. The van der Waals surface area contributed by atoms with Crippen molar-refractivity contribution >= 4 is 5.97 Å². The number of carboxylic acid groups (broad SMARTS) is 1. The van der Waals surface area contributed by atoms with E-state index in [1.807, 2.05) is 13.8 Å². The zero-order valence-corrected chi connectivity index (χ0v) is 6.96. The van der Waals surface area contributed by atoms with E-state index in [2.05, 4.69) is 6.58 Å². The molecule has 3 heteroatoms. The van der Waals surface area contributed by atoms with Crippen LogP contribution in [0.3, 0.4) is 0 Å². The molecule has 0 aliphatic rings. The Morgan fingerprint density at radius 1 is 1.82 bits per heavy atom. The topological polar surface area (TPSA) is 66.2 Å². The van der Waals surface area contributed by atoms with Crippen molar-refractivity contribution in [2.24, 2.45) is 11.7 Å². The van der Waals surface area contributed by atoms with Gasteiger partial charge >= 0.3 is 0 Å². The molecule has 0 aromatic rings. The number of rotatable bonds is 4. The van der Waals surface area contributed by atoms with Crippen LogP contribution >= 0.6 is 0 Å². The third-order valence-electron chi connectivity index (χ3n) is 1.49.